The molecule has 21 heavy (non-hydrogen) atoms. The lowest BCUT2D eigenvalue weighted by molar-refractivity contribution is 0.180. The minimum atomic E-state index is -3.45. The maximum Gasteiger partial charge on any atom is 0.243 e. The van der Waals surface area contributed by atoms with Gasteiger partial charge in [0.2, 0.25) is 10.0 Å². The van der Waals surface area contributed by atoms with E-state index in [0.29, 0.717) is 36.3 Å². The van der Waals surface area contributed by atoms with Crippen LogP contribution in [0.4, 0.5) is 0 Å². The monoisotopic (exact) mass is 313 g/mol. The van der Waals surface area contributed by atoms with Crippen molar-refractivity contribution in [1.29, 1.82) is 0 Å². The Balaban J connectivity index is 2.18. The van der Waals surface area contributed by atoms with Crippen molar-refractivity contribution in [3.8, 4) is 5.75 Å². The van der Waals surface area contributed by atoms with Crippen molar-refractivity contribution in [3.63, 3.8) is 0 Å². The molecule has 1 fully saturated rings. The highest BCUT2D eigenvalue weighted by molar-refractivity contribution is 7.89. The summed E-state index contributed by atoms with van der Waals surface area (Å²) in [5.41, 5.74) is 0. The number of methoxy groups -OCH3 is 1. The van der Waals surface area contributed by atoms with Gasteiger partial charge < -0.3 is 9.47 Å². The molecule has 1 heterocycles. The van der Waals surface area contributed by atoms with Gasteiger partial charge in [-0.05, 0) is 43.0 Å². The molecule has 1 unspecified atom stereocenters. The highest BCUT2D eigenvalue weighted by Gasteiger charge is 2.28. The third kappa shape index (κ3) is 3.96. The van der Waals surface area contributed by atoms with Crippen LogP contribution in [0.25, 0.3) is 0 Å². The summed E-state index contributed by atoms with van der Waals surface area (Å²) >= 11 is 0. The minimum absolute atomic E-state index is 0.296. The predicted molar refractivity (Wildman–Crippen MR) is 81.0 cm³/mol. The number of nitrogens with zero attached hydrogens (tertiary/aromatic N) is 1. The van der Waals surface area contributed by atoms with Crippen molar-refractivity contribution in [2.24, 2.45) is 5.92 Å². The fourth-order valence-electron chi connectivity index (χ4n) is 2.47. The first-order valence-electron chi connectivity index (χ1n) is 7.30. The molecule has 2 rings (SSSR count). The van der Waals surface area contributed by atoms with Crippen LogP contribution < -0.4 is 4.74 Å². The van der Waals surface area contributed by atoms with Crippen molar-refractivity contribution in [1.82, 2.24) is 4.31 Å². The van der Waals surface area contributed by atoms with Gasteiger partial charge in [0.25, 0.3) is 0 Å². The van der Waals surface area contributed by atoms with Gasteiger partial charge in [-0.2, -0.15) is 4.31 Å². The van der Waals surface area contributed by atoms with Crippen LogP contribution in [0.3, 0.4) is 0 Å². The van der Waals surface area contributed by atoms with Gasteiger partial charge in [-0.3, -0.25) is 0 Å². The lowest BCUT2D eigenvalue weighted by Gasteiger charge is -2.24. The average molecular weight is 313 g/mol. The number of benzene rings is 1. The molecule has 0 amide bonds. The molecule has 0 saturated carbocycles. The molecular weight excluding hydrogens is 290 g/mol. The van der Waals surface area contributed by atoms with Crippen LogP contribution in [0.1, 0.15) is 19.8 Å². The topological polar surface area (TPSA) is 55.8 Å². The fourth-order valence-corrected chi connectivity index (χ4v) is 4.08. The van der Waals surface area contributed by atoms with Crippen molar-refractivity contribution in [3.05, 3.63) is 24.3 Å². The number of rotatable bonds is 7. The molecule has 5 nitrogen and oxygen atoms in total. The zero-order chi connectivity index (χ0) is 15.3. The average Bonchev–Trinajstić information content (AvgIpc) is 3.00. The summed E-state index contributed by atoms with van der Waals surface area (Å²) in [5.74, 6) is 0.949. The quantitative estimate of drug-likeness (QED) is 0.774. The lowest BCUT2D eigenvalue weighted by Crippen LogP contribution is -2.36. The molecule has 0 aliphatic carbocycles. The standard InChI is InChI=1S/C15H23NO4S/c1-3-9-16(11-13-8-10-20-12-13)21(17,18)15-6-4-14(19-2)5-7-15/h4-7,13H,3,8-12H2,1-2H3. The van der Waals surface area contributed by atoms with E-state index in [9.17, 15) is 8.42 Å². The normalized spacial score (nSPS) is 19.1. The summed E-state index contributed by atoms with van der Waals surface area (Å²) < 4.78 is 37.5. The molecule has 118 valence electrons. The lowest BCUT2D eigenvalue weighted by atomic mass is 10.1. The van der Waals surface area contributed by atoms with Gasteiger partial charge in [-0.15, -0.1) is 0 Å². The molecule has 1 aliphatic rings. The van der Waals surface area contributed by atoms with E-state index in [1.54, 1.807) is 35.7 Å². The van der Waals surface area contributed by atoms with E-state index in [-0.39, 0.29) is 0 Å². The molecular formula is C15H23NO4S. The third-order valence-corrected chi connectivity index (χ3v) is 5.54. The fraction of sp³-hybridized carbons (Fsp3) is 0.600. The minimum Gasteiger partial charge on any atom is -0.497 e. The Bertz CT molecular complexity index is 535. The highest BCUT2D eigenvalue weighted by Crippen LogP contribution is 2.22. The molecule has 1 saturated heterocycles. The Morgan fingerprint density at radius 2 is 2.05 bits per heavy atom. The maximum absolute atomic E-state index is 12.8. The maximum atomic E-state index is 12.8. The Labute approximate surface area is 126 Å². The summed E-state index contributed by atoms with van der Waals surface area (Å²) in [6, 6.07) is 6.55. The van der Waals surface area contributed by atoms with E-state index < -0.39 is 10.0 Å². The molecule has 1 aromatic carbocycles. The van der Waals surface area contributed by atoms with E-state index >= 15 is 0 Å². The molecule has 0 aromatic heterocycles. The van der Waals surface area contributed by atoms with E-state index in [1.807, 2.05) is 6.92 Å². The molecule has 0 N–H and O–H groups in total. The Morgan fingerprint density at radius 1 is 1.33 bits per heavy atom. The van der Waals surface area contributed by atoms with E-state index in [0.717, 1.165) is 19.4 Å². The number of ether oxygens (including phenoxy) is 2. The van der Waals surface area contributed by atoms with Crippen LogP contribution in [0.2, 0.25) is 0 Å². The van der Waals surface area contributed by atoms with Gasteiger partial charge >= 0.3 is 0 Å². The van der Waals surface area contributed by atoms with Crippen molar-refractivity contribution in [2.75, 3.05) is 33.4 Å². The summed E-state index contributed by atoms with van der Waals surface area (Å²) in [7, 11) is -1.89. The second-order valence-corrected chi connectivity index (χ2v) is 7.21. The van der Waals surface area contributed by atoms with E-state index in [4.69, 9.17) is 9.47 Å². The van der Waals surface area contributed by atoms with E-state index in [1.165, 1.54) is 0 Å². The second-order valence-electron chi connectivity index (χ2n) is 5.27. The number of hydrogen-bond donors (Lipinski definition) is 0. The Kier molecular flexibility index (Phi) is 5.61. The first-order valence-corrected chi connectivity index (χ1v) is 8.74. The van der Waals surface area contributed by atoms with Crippen molar-refractivity contribution >= 4 is 10.0 Å². The van der Waals surface area contributed by atoms with Crippen LogP contribution in [0.15, 0.2) is 29.2 Å². The molecule has 0 bridgehead atoms. The largest absolute Gasteiger partial charge is 0.497 e. The predicted octanol–water partition coefficient (Wildman–Crippen LogP) is 2.13. The summed E-state index contributed by atoms with van der Waals surface area (Å²) in [6.45, 7) is 4.43. The number of sulfonamides is 1. The second kappa shape index (κ2) is 7.24. The molecule has 1 atom stereocenters. The summed E-state index contributed by atoms with van der Waals surface area (Å²) in [5, 5.41) is 0. The molecule has 0 radical (unpaired) electrons. The van der Waals surface area contributed by atoms with Gasteiger partial charge in [-0.1, -0.05) is 6.92 Å². The first kappa shape index (κ1) is 16.3. The Hall–Kier alpha value is -1.11. The molecule has 1 aromatic rings. The molecule has 1 aliphatic heterocycles. The third-order valence-electron chi connectivity index (χ3n) is 3.66. The van der Waals surface area contributed by atoms with Crippen molar-refractivity contribution < 1.29 is 17.9 Å². The zero-order valence-electron chi connectivity index (χ0n) is 12.6. The highest BCUT2D eigenvalue weighted by atomic mass is 32.2. The van der Waals surface area contributed by atoms with Crippen molar-refractivity contribution in [2.45, 2.75) is 24.7 Å². The van der Waals surface area contributed by atoms with E-state index in [2.05, 4.69) is 0 Å². The summed E-state index contributed by atoms with van der Waals surface area (Å²) in [4.78, 5) is 0.315. The summed E-state index contributed by atoms with van der Waals surface area (Å²) in [6.07, 6.45) is 1.72. The van der Waals surface area contributed by atoms with Gasteiger partial charge in [0.15, 0.2) is 0 Å². The SMILES string of the molecule is CCCN(CC1CCOC1)S(=O)(=O)c1ccc(OC)cc1. The van der Waals surface area contributed by atoms with Crippen LogP contribution in [-0.2, 0) is 14.8 Å². The first-order chi connectivity index (χ1) is 10.1. The van der Waals surface area contributed by atoms with Gasteiger partial charge in [0.1, 0.15) is 5.75 Å². The van der Waals surface area contributed by atoms with Gasteiger partial charge in [0.05, 0.1) is 18.6 Å². The Morgan fingerprint density at radius 3 is 2.57 bits per heavy atom. The van der Waals surface area contributed by atoms with Crippen LogP contribution >= 0.6 is 0 Å². The van der Waals surface area contributed by atoms with Gasteiger partial charge in [0, 0.05) is 19.7 Å². The molecule has 0 spiro atoms. The number of hydrogen-bond acceptors (Lipinski definition) is 4. The van der Waals surface area contributed by atoms with Crippen LogP contribution in [0, 0.1) is 5.92 Å². The smallest absolute Gasteiger partial charge is 0.243 e. The van der Waals surface area contributed by atoms with Gasteiger partial charge in [-0.25, -0.2) is 8.42 Å². The zero-order valence-corrected chi connectivity index (χ0v) is 13.4. The van der Waals surface area contributed by atoms with Crippen LogP contribution in [0.5, 0.6) is 5.75 Å². The molecule has 6 heteroatoms. The van der Waals surface area contributed by atoms with Crippen LogP contribution in [-0.4, -0.2) is 46.1 Å².